The highest BCUT2D eigenvalue weighted by atomic mass is 79.9. The minimum absolute atomic E-state index is 0.807. The first kappa shape index (κ1) is 11.2. The second-order valence-electron chi connectivity index (χ2n) is 3.77. The van der Waals surface area contributed by atoms with Gasteiger partial charge in [0.2, 0.25) is 0 Å². The Bertz CT molecular complexity index is 474. The largest absolute Gasteiger partial charge is 0.381 e. The van der Waals surface area contributed by atoms with Gasteiger partial charge in [-0.25, -0.2) is 0 Å². The Morgan fingerprint density at radius 1 is 1.31 bits per heavy atom. The van der Waals surface area contributed by atoms with Crippen LogP contribution in [0.2, 0.25) is 0 Å². The normalized spacial score (nSPS) is 10.4. The van der Waals surface area contributed by atoms with Crippen molar-refractivity contribution in [3.05, 3.63) is 46.2 Å². The number of nitrogens with zero attached hydrogens (tertiary/aromatic N) is 2. The third-order valence-corrected chi connectivity index (χ3v) is 2.97. The minimum Gasteiger partial charge on any atom is -0.381 e. The Hall–Kier alpha value is -1.29. The summed E-state index contributed by atoms with van der Waals surface area (Å²) in [6.45, 7) is 2.83. The van der Waals surface area contributed by atoms with E-state index in [4.69, 9.17) is 0 Å². The number of halogens is 1. The first-order valence-electron chi connectivity index (χ1n) is 5.14. The summed E-state index contributed by atoms with van der Waals surface area (Å²) in [5.41, 5.74) is 3.42. The predicted molar refractivity (Wildman–Crippen MR) is 69.4 cm³/mol. The number of rotatable bonds is 3. The molecule has 1 aromatic heterocycles. The van der Waals surface area contributed by atoms with Crippen LogP contribution in [-0.2, 0) is 13.6 Å². The summed E-state index contributed by atoms with van der Waals surface area (Å²) in [5.74, 6) is 0. The summed E-state index contributed by atoms with van der Waals surface area (Å²) in [4.78, 5) is 0. The van der Waals surface area contributed by atoms with Gasteiger partial charge in [-0.15, -0.1) is 0 Å². The van der Waals surface area contributed by atoms with Gasteiger partial charge in [0.25, 0.3) is 0 Å². The average molecular weight is 280 g/mol. The summed E-state index contributed by atoms with van der Waals surface area (Å²) >= 11 is 3.42. The number of nitrogens with one attached hydrogen (secondary N) is 1. The molecule has 0 fully saturated rings. The van der Waals surface area contributed by atoms with Crippen LogP contribution in [0, 0.1) is 6.92 Å². The van der Waals surface area contributed by atoms with Gasteiger partial charge in [-0.3, -0.25) is 4.68 Å². The van der Waals surface area contributed by atoms with E-state index in [9.17, 15) is 0 Å². The highest BCUT2D eigenvalue weighted by Crippen LogP contribution is 2.15. The summed E-state index contributed by atoms with van der Waals surface area (Å²) in [6.07, 6.45) is 2.04. The molecule has 0 aliphatic rings. The smallest absolute Gasteiger partial charge is 0.0643 e. The van der Waals surface area contributed by atoms with E-state index in [-0.39, 0.29) is 0 Å². The molecule has 2 aromatic rings. The van der Waals surface area contributed by atoms with Gasteiger partial charge in [0, 0.05) is 35.5 Å². The van der Waals surface area contributed by atoms with Crippen molar-refractivity contribution < 1.29 is 0 Å². The minimum atomic E-state index is 0.807. The molecule has 1 aromatic carbocycles. The summed E-state index contributed by atoms with van der Waals surface area (Å²) in [5, 5.41) is 7.67. The van der Waals surface area contributed by atoms with Crippen LogP contribution in [-0.4, -0.2) is 9.78 Å². The predicted octanol–water partition coefficient (Wildman–Crippen LogP) is 3.10. The fraction of sp³-hybridized carbons (Fsp3) is 0.250. The second-order valence-corrected chi connectivity index (χ2v) is 4.69. The Kier molecular flexibility index (Phi) is 3.29. The molecule has 0 bridgehead atoms. The second kappa shape index (κ2) is 4.70. The quantitative estimate of drug-likeness (QED) is 0.936. The number of aromatic nitrogens is 2. The lowest BCUT2D eigenvalue weighted by atomic mass is 10.2. The molecular weight excluding hydrogens is 266 g/mol. The van der Waals surface area contributed by atoms with E-state index in [1.165, 1.54) is 5.56 Å². The lowest BCUT2D eigenvalue weighted by Gasteiger charge is -2.05. The molecule has 16 heavy (non-hydrogen) atoms. The molecule has 0 atom stereocenters. The summed E-state index contributed by atoms with van der Waals surface area (Å²) in [6, 6.07) is 8.16. The molecule has 0 radical (unpaired) electrons. The molecule has 0 amide bonds. The van der Waals surface area contributed by atoms with Gasteiger partial charge in [-0.1, -0.05) is 15.9 Å². The van der Waals surface area contributed by atoms with Crippen molar-refractivity contribution >= 4 is 21.6 Å². The van der Waals surface area contributed by atoms with E-state index in [1.807, 2.05) is 37.0 Å². The number of benzene rings is 1. The van der Waals surface area contributed by atoms with Crippen LogP contribution in [0.15, 0.2) is 34.9 Å². The third-order valence-electron chi connectivity index (χ3n) is 2.44. The maximum absolute atomic E-state index is 4.31. The van der Waals surface area contributed by atoms with Gasteiger partial charge in [-0.2, -0.15) is 5.10 Å². The van der Waals surface area contributed by atoms with Crippen LogP contribution < -0.4 is 5.32 Å². The summed E-state index contributed by atoms with van der Waals surface area (Å²) in [7, 11) is 1.94. The van der Waals surface area contributed by atoms with Crippen molar-refractivity contribution in [3.8, 4) is 0 Å². The molecule has 4 heteroatoms. The van der Waals surface area contributed by atoms with Gasteiger partial charge in [-0.05, 0) is 31.2 Å². The zero-order valence-corrected chi connectivity index (χ0v) is 11.0. The van der Waals surface area contributed by atoms with Crippen molar-refractivity contribution in [1.29, 1.82) is 0 Å². The molecule has 2 rings (SSSR count). The van der Waals surface area contributed by atoms with Crippen molar-refractivity contribution in [3.63, 3.8) is 0 Å². The lowest BCUT2D eigenvalue weighted by molar-refractivity contribution is 0.756. The van der Waals surface area contributed by atoms with Crippen molar-refractivity contribution in [1.82, 2.24) is 9.78 Å². The molecule has 0 aliphatic heterocycles. The van der Waals surface area contributed by atoms with Crippen LogP contribution in [0.5, 0.6) is 0 Å². The fourth-order valence-corrected chi connectivity index (χ4v) is 1.85. The Balaban J connectivity index is 2.02. The SMILES string of the molecule is Cc1nn(C)cc1CNc1ccc(Br)cc1. The van der Waals surface area contributed by atoms with Gasteiger partial charge < -0.3 is 5.32 Å². The average Bonchev–Trinajstić information content (AvgIpc) is 2.57. The first-order valence-corrected chi connectivity index (χ1v) is 5.93. The zero-order valence-electron chi connectivity index (χ0n) is 9.37. The van der Waals surface area contributed by atoms with Gasteiger partial charge in [0.15, 0.2) is 0 Å². The molecule has 84 valence electrons. The Morgan fingerprint density at radius 3 is 2.56 bits per heavy atom. The molecule has 0 unspecified atom stereocenters. The van der Waals surface area contributed by atoms with E-state index < -0.39 is 0 Å². The molecule has 1 heterocycles. The van der Waals surface area contributed by atoms with E-state index in [0.717, 1.165) is 22.4 Å². The Morgan fingerprint density at radius 2 is 2.00 bits per heavy atom. The van der Waals surface area contributed by atoms with Crippen LogP contribution >= 0.6 is 15.9 Å². The maximum Gasteiger partial charge on any atom is 0.0643 e. The highest BCUT2D eigenvalue weighted by molar-refractivity contribution is 9.10. The van der Waals surface area contributed by atoms with Crippen LogP contribution in [0.4, 0.5) is 5.69 Å². The number of aryl methyl sites for hydroxylation is 2. The number of hydrogen-bond donors (Lipinski definition) is 1. The topological polar surface area (TPSA) is 29.9 Å². The van der Waals surface area contributed by atoms with Gasteiger partial charge >= 0.3 is 0 Å². The monoisotopic (exact) mass is 279 g/mol. The molecule has 0 saturated heterocycles. The van der Waals surface area contributed by atoms with Gasteiger partial charge in [0.1, 0.15) is 0 Å². The van der Waals surface area contributed by atoms with E-state index in [0.29, 0.717) is 0 Å². The standard InChI is InChI=1S/C12H14BrN3/c1-9-10(8-16(2)15-9)7-14-12-5-3-11(13)4-6-12/h3-6,8,14H,7H2,1-2H3. The molecule has 0 spiro atoms. The molecule has 0 aliphatic carbocycles. The van der Waals surface area contributed by atoms with Crippen molar-refractivity contribution in [2.24, 2.45) is 7.05 Å². The Labute approximate surface area is 104 Å². The molecule has 1 N–H and O–H groups in total. The van der Waals surface area contributed by atoms with Crippen molar-refractivity contribution in [2.45, 2.75) is 13.5 Å². The molecular formula is C12H14BrN3. The van der Waals surface area contributed by atoms with Crippen molar-refractivity contribution in [2.75, 3.05) is 5.32 Å². The summed E-state index contributed by atoms with van der Waals surface area (Å²) < 4.78 is 2.93. The number of hydrogen-bond acceptors (Lipinski definition) is 2. The highest BCUT2D eigenvalue weighted by Gasteiger charge is 2.02. The van der Waals surface area contributed by atoms with Crippen LogP contribution in [0.1, 0.15) is 11.3 Å². The fourth-order valence-electron chi connectivity index (χ4n) is 1.59. The van der Waals surface area contributed by atoms with E-state index in [2.05, 4.69) is 38.5 Å². The maximum atomic E-state index is 4.31. The third kappa shape index (κ3) is 2.64. The van der Waals surface area contributed by atoms with Gasteiger partial charge in [0.05, 0.1) is 5.69 Å². The first-order chi connectivity index (χ1) is 7.65. The number of anilines is 1. The molecule has 3 nitrogen and oxygen atoms in total. The van der Waals surface area contributed by atoms with E-state index >= 15 is 0 Å². The molecule has 0 saturated carbocycles. The van der Waals surface area contributed by atoms with Crippen LogP contribution in [0.25, 0.3) is 0 Å². The van der Waals surface area contributed by atoms with Crippen LogP contribution in [0.3, 0.4) is 0 Å². The van der Waals surface area contributed by atoms with E-state index in [1.54, 1.807) is 0 Å². The lowest BCUT2D eigenvalue weighted by Crippen LogP contribution is -1.99. The zero-order chi connectivity index (χ0) is 11.5.